The van der Waals surface area contributed by atoms with Gasteiger partial charge < -0.3 is 10.0 Å². The van der Waals surface area contributed by atoms with Gasteiger partial charge in [0.2, 0.25) is 5.91 Å². The van der Waals surface area contributed by atoms with Crippen molar-refractivity contribution in [2.45, 2.75) is 43.4 Å². The fraction of sp³-hybridized carbons (Fsp3) is 0.333. The van der Waals surface area contributed by atoms with E-state index in [0.717, 1.165) is 28.1 Å². The van der Waals surface area contributed by atoms with Gasteiger partial charge in [0.25, 0.3) is 0 Å². The van der Waals surface area contributed by atoms with Gasteiger partial charge in [-0.25, -0.2) is 0 Å². The van der Waals surface area contributed by atoms with Crippen LogP contribution in [0.15, 0.2) is 41.3 Å². The Labute approximate surface area is 178 Å². The molecule has 0 radical (unpaired) electrons. The summed E-state index contributed by atoms with van der Waals surface area (Å²) in [6.07, 6.45) is 0.694. The van der Waals surface area contributed by atoms with Gasteiger partial charge in [-0.2, -0.15) is 0 Å². The number of nitrogens with zero attached hydrogens (tertiary/aromatic N) is 1. The summed E-state index contributed by atoms with van der Waals surface area (Å²) in [5, 5.41) is 9.43. The van der Waals surface area contributed by atoms with E-state index in [1.54, 1.807) is 17.0 Å². The summed E-state index contributed by atoms with van der Waals surface area (Å²) in [6.45, 7) is 4.61. The first-order valence-corrected chi connectivity index (χ1v) is 10.6. The number of carbonyl (C=O) groups is 2. The molecule has 1 atom stereocenters. The molecule has 1 aliphatic rings. The van der Waals surface area contributed by atoms with Gasteiger partial charge in [0.1, 0.15) is 0 Å². The normalized spacial score (nSPS) is 16.4. The Bertz CT molecular complexity index is 917. The monoisotopic (exact) mass is 437 g/mol. The predicted molar refractivity (Wildman–Crippen MR) is 115 cm³/mol. The van der Waals surface area contributed by atoms with Crippen LogP contribution in [-0.2, 0) is 22.6 Å². The van der Waals surface area contributed by atoms with Crippen LogP contribution < -0.4 is 4.90 Å². The average Bonchev–Trinajstić information content (AvgIpc) is 2.61. The maximum atomic E-state index is 13.1. The first-order chi connectivity index (χ1) is 13.2. The number of halogens is 2. The van der Waals surface area contributed by atoms with Crippen LogP contribution in [0.2, 0.25) is 10.0 Å². The molecule has 0 saturated heterocycles. The smallest absolute Gasteiger partial charge is 0.305 e. The first-order valence-electron chi connectivity index (χ1n) is 9.01. The number of fused-ring (bicyclic) bond motifs is 1. The van der Waals surface area contributed by atoms with Gasteiger partial charge in [-0.15, -0.1) is 11.8 Å². The molecule has 7 heteroatoms. The Balaban J connectivity index is 1.99. The lowest BCUT2D eigenvalue weighted by Gasteiger charge is -2.34. The number of benzene rings is 2. The van der Waals surface area contributed by atoms with E-state index in [9.17, 15) is 14.7 Å². The Morgan fingerprint density at radius 2 is 1.86 bits per heavy atom. The van der Waals surface area contributed by atoms with Crippen molar-refractivity contribution in [1.29, 1.82) is 0 Å². The Morgan fingerprint density at radius 3 is 2.50 bits per heavy atom. The fourth-order valence-corrected chi connectivity index (χ4v) is 4.76. The second-order valence-corrected chi connectivity index (χ2v) is 9.34. The van der Waals surface area contributed by atoms with E-state index < -0.39 is 11.2 Å². The maximum Gasteiger partial charge on any atom is 0.305 e. The van der Waals surface area contributed by atoms with Crippen molar-refractivity contribution in [3.8, 4) is 0 Å². The summed E-state index contributed by atoms with van der Waals surface area (Å²) < 4.78 is 0. The van der Waals surface area contributed by atoms with Crippen molar-refractivity contribution in [2.75, 3.05) is 4.90 Å². The van der Waals surface area contributed by atoms with Crippen LogP contribution in [0, 0.1) is 5.92 Å². The quantitative estimate of drug-likeness (QED) is 0.631. The molecule has 3 rings (SSSR count). The van der Waals surface area contributed by atoms with Crippen LogP contribution >= 0.6 is 35.0 Å². The van der Waals surface area contributed by atoms with E-state index in [-0.39, 0.29) is 12.3 Å². The highest BCUT2D eigenvalue weighted by Gasteiger charge is 2.35. The van der Waals surface area contributed by atoms with Gasteiger partial charge in [0.05, 0.1) is 33.9 Å². The SMILES string of the molecule is CC(C)Cc1ccc2c(c1)N(Cc1ccc(Cl)c(Cl)c1)C(=O)C(CC(=O)O)S2. The molecule has 0 aliphatic carbocycles. The van der Waals surface area contributed by atoms with Crippen molar-refractivity contribution in [2.24, 2.45) is 5.92 Å². The molecular weight excluding hydrogens is 417 g/mol. The zero-order valence-corrected chi connectivity index (χ0v) is 17.9. The van der Waals surface area contributed by atoms with E-state index in [0.29, 0.717) is 22.5 Å². The summed E-state index contributed by atoms with van der Waals surface area (Å²) in [5.41, 5.74) is 2.81. The van der Waals surface area contributed by atoms with Gasteiger partial charge in [-0.1, -0.05) is 49.2 Å². The second-order valence-electron chi connectivity index (χ2n) is 7.28. The fourth-order valence-electron chi connectivity index (χ4n) is 3.24. The zero-order valence-electron chi connectivity index (χ0n) is 15.6. The minimum atomic E-state index is -0.986. The van der Waals surface area contributed by atoms with Crippen molar-refractivity contribution in [3.05, 3.63) is 57.6 Å². The molecule has 28 heavy (non-hydrogen) atoms. The Morgan fingerprint density at radius 1 is 1.14 bits per heavy atom. The van der Waals surface area contributed by atoms with E-state index in [2.05, 4.69) is 19.9 Å². The van der Waals surface area contributed by atoms with Gasteiger partial charge >= 0.3 is 5.97 Å². The van der Waals surface area contributed by atoms with Crippen LogP contribution in [-0.4, -0.2) is 22.2 Å². The molecule has 0 bridgehead atoms. The van der Waals surface area contributed by atoms with Crippen molar-refractivity contribution < 1.29 is 14.7 Å². The molecule has 0 aromatic heterocycles. The minimum absolute atomic E-state index is 0.201. The summed E-state index contributed by atoms with van der Waals surface area (Å²) >= 11 is 13.5. The third-order valence-electron chi connectivity index (χ3n) is 4.45. The van der Waals surface area contributed by atoms with E-state index in [1.165, 1.54) is 11.8 Å². The third-order valence-corrected chi connectivity index (χ3v) is 6.44. The van der Waals surface area contributed by atoms with E-state index in [1.807, 2.05) is 18.2 Å². The van der Waals surface area contributed by atoms with Crippen LogP contribution in [0.3, 0.4) is 0 Å². The molecule has 1 unspecified atom stereocenters. The molecule has 2 aromatic carbocycles. The number of anilines is 1. The molecule has 148 valence electrons. The maximum absolute atomic E-state index is 13.1. The van der Waals surface area contributed by atoms with Crippen LogP contribution in [0.25, 0.3) is 0 Å². The van der Waals surface area contributed by atoms with Crippen molar-refractivity contribution in [3.63, 3.8) is 0 Å². The highest BCUT2D eigenvalue weighted by molar-refractivity contribution is 8.01. The van der Waals surface area contributed by atoms with E-state index >= 15 is 0 Å². The molecule has 1 aliphatic heterocycles. The van der Waals surface area contributed by atoms with Crippen LogP contribution in [0.1, 0.15) is 31.4 Å². The van der Waals surface area contributed by atoms with Crippen molar-refractivity contribution >= 4 is 52.5 Å². The number of carboxylic acids is 1. The van der Waals surface area contributed by atoms with Crippen molar-refractivity contribution in [1.82, 2.24) is 0 Å². The van der Waals surface area contributed by atoms with Gasteiger partial charge in [-0.05, 0) is 47.7 Å². The number of rotatable bonds is 6. The third kappa shape index (κ3) is 4.83. The number of carbonyl (C=O) groups excluding carboxylic acids is 1. The molecule has 1 amide bonds. The summed E-state index contributed by atoms with van der Waals surface area (Å²) in [7, 11) is 0. The Hall–Kier alpha value is -1.69. The lowest BCUT2D eigenvalue weighted by molar-refractivity contribution is -0.138. The lowest BCUT2D eigenvalue weighted by atomic mass is 10.0. The molecule has 4 nitrogen and oxygen atoms in total. The minimum Gasteiger partial charge on any atom is -0.481 e. The highest BCUT2D eigenvalue weighted by atomic mass is 35.5. The largest absolute Gasteiger partial charge is 0.481 e. The number of hydrogen-bond acceptors (Lipinski definition) is 3. The molecule has 2 aromatic rings. The van der Waals surface area contributed by atoms with Gasteiger partial charge in [0, 0.05) is 4.90 Å². The average molecular weight is 438 g/mol. The summed E-state index contributed by atoms with van der Waals surface area (Å²) in [4.78, 5) is 26.9. The number of amides is 1. The molecular formula is C21H21Cl2NO3S. The second kappa shape index (κ2) is 8.76. The highest BCUT2D eigenvalue weighted by Crippen LogP contribution is 2.42. The first kappa shape index (κ1) is 21.0. The number of carboxylic acid groups (broad SMARTS) is 1. The molecule has 0 fully saturated rings. The van der Waals surface area contributed by atoms with Gasteiger partial charge in [-0.3, -0.25) is 9.59 Å². The number of hydrogen-bond donors (Lipinski definition) is 1. The van der Waals surface area contributed by atoms with Crippen LogP contribution in [0.4, 0.5) is 5.69 Å². The van der Waals surface area contributed by atoms with E-state index in [4.69, 9.17) is 23.2 Å². The summed E-state index contributed by atoms with van der Waals surface area (Å²) in [5.74, 6) is -0.693. The number of aliphatic carboxylic acids is 1. The standard InChI is InChI=1S/C21H21Cl2NO3S/c1-12(2)7-13-4-6-18-17(9-13)24(21(27)19(28-18)10-20(25)26)11-14-3-5-15(22)16(23)8-14/h3-6,8-9,12,19H,7,10-11H2,1-2H3,(H,25,26). The molecule has 1 N–H and O–H groups in total. The topological polar surface area (TPSA) is 57.6 Å². The summed E-state index contributed by atoms with van der Waals surface area (Å²) in [6, 6.07) is 11.3. The lowest BCUT2D eigenvalue weighted by Crippen LogP contribution is -2.41. The Kier molecular flexibility index (Phi) is 6.58. The van der Waals surface area contributed by atoms with Crippen LogP contribution in [0.5, 0.6) is 0 Å². The molecule has 0 saturated carbocycles. The molecule has 0 spiro atoms. The van der Waals surface area contributed by atoms with Gasteiger partial charge in [0.15, 0.2) is 0 Å². The number of thioether (sulfide) groups is 1. The molecule has 1 heterocycles. The predicted octanol–water partition coefficient (Wildman–Crippen LogP) is 5.67. The zero-order chi connectivity index (χ0) is 20.4.